The summed E-state index contributed by atoms with van der Waals surface area (Å²) < 4.78 is 0. The molecule has 1 amide bonds. The fourth-order valence-electron chi connectivity index (χ4n) is 3.70. The van der Waals surface area contributed by atoms with Crippen LogP contribution >= 0.6 is 0 Å². The van der Waals surface area contributed by atoms with Gasteiger partial charge in [0.1, 0.15) is 5.75 Å². The van der Waals surface area contributed by atoms with Gasteiger partial charge in [-0.15, -0.1) is 0 Å². The van der Waals surface area contributed by atoms with E-state index in [2.05, 4.69) is 19.9 Å². The molecule has 22 heavy (non-hydrogen) atoms. The lowest BCUT2D eigenvalue weighted by molar-refractivity contribution is -0.117. The molecule has 2 aromatic carbocycles. The standard InChI is InChI=1S/C19H21NO2/c1-12-8-7-11-16(22)17(12)18-19(3,4)14-9-5-6-10-15(14)20(18)13(2)21/h5-11,18,22H,1-4H3. The molecule has 0 bridgehead atoms. The molecule has 1 aliphatic rings. The third kappa shape index (κ3) is 1.92. The zero-order valence-electron chi connectivity index (χ0n) is 13.4. The van der Waals surface area contributed by atoms with E-state index in [4.69, 9.17) is 0 Å². The number of aromatic hydroxyl groups is 1. The Labute approximate surface area is 131 Å². The van der Waals surface area contributed by atoms with Crippen LogP contribution in [0.2, 0.25) is 0 Å². The Kier molecular flexibility index (Phi) is 3.24. The van der Waals surface area contributed by atoms with E-state index in [0.29, 0.717) is 0 Å². The second-order valence-corrected chi connectivity index (χ2v) is 6.54. The highest BCUT2D eigenvalue weighted by Gasteiger charge is 2.48. The molecule has 0 saturated carbocycles. The van der Waals surface area contributed by atoms with Crippen molar-refractivity contribution in [2.24, 2.45) is 0 Å². The molecule has 2 aromatic rings. The first-order valence-corrected chi connectivity index (χ1v) is 7.53. The maximum atomic E-state index is 12.3. The van der Waals surface area contributed by atoms with Crippen molar-refractivity contribution in [3.8, 4) is 5.75 Å². The highest BCUT2D eigenvalue weighted by Crippen LogP contribution is 2.54. The quantitative estimate of drug-likeness (QED) is 0.861. The molecule has 0 spiro atoms. The fraction of sp³-hybridized carbons (Fsp3) is 0.316. The number of fused-ring (bicyclic) bond motifs is 1. The normalized spacial score (nSPS) is 19.1. The molecular formula is C19H21NO2. The molecule has 0 radical (unpaired) electrons. The summed E-state index contributed by atoms with van der Waals surface area (Å²) in [6, 6.07) is 13.3. The number of carbonyl (C=O) groups is 1. The SMILES string of the molecule is CC(=O)N1c2ccccc2C(C)(C)C1c1c(C)cccc1O. The minimum Gasteiger partial charge on any atom is -0.508 e. The van der Waals surface area contributed by atoms with Gasteiger partial charge >= 0.3 is 0 Å². The van der Waals surface area contributed by atoms with Crippen LogP contribution in [-0.4, -0.2) is 11.0 Å². The molecule has 3 nitrogen and oxygen atoms in total. The van der Waals surface area contributed by atoms with E-state index in [-0.39, 0.29) is 23.1 Å². The molecule has 0 aromatic heterocycles. The number of phenolic OH excluding ortho intramolecular Hbond substituents is 1. The van der Waals surface area contributed by atoms with Gasteiger partial charge < -0.3 is 10.0 Å². The smallest absolute Gasteiger partial charge is 0.224 e. The number of amides is 1. The highest BCUT2D eigenvalue weighted by molar-refractivity contribution is 5.96. The van der Waals surface area contributed by atoms with Crippen LogP contribution in [0.3, 0.4) is 0 Å². The van der Waals surface area contributed by atoms with E-state index in [1.54, 1.807) is 13.0 Å². The van der Waals surface area contributed by atoms with Gasteiger partial charge in [-0.1, -0.05) is 44.2 Å². The molecular weight excluding hydrogens is 274 g/mol. The van der Waals surface area contributed by atoms with Crippen LogP contribution in [0.5, 0.6) is 5.75 Å². The van der Waals surface area contributed by atoms with Crippen LogP contribution in [0.1, 0.15) is 43.5 Å². The van der Waals surface area contributed by atoms with Gasteiger partial charge in [-0.3, -0.25) is 4.79 Å². The van der Waals surface area contributed by atoms with E-state index in [1.807, 2.05) is 42.2 Å². The summed E-state index contributed by atoms with van der Waals surface area (Å²) in [6.07, 6.45) is 0. The van der Waals surface area contributed by atoms with Crippen molar-refractivity contribution in [3.05, 3.63) is 59.2 Å². The Morgan fingerprint density at radius 3 is 2.45 bits per heavy atom. The van der Waals surface area contributed by atoms with Crippen LogP contribution in [0.15, 0.2) is 42.5 Å². The first kappa shape index (κ1) is 14.6. The predicted molar refractivity (Wildman–Crippen MR) is 88.2 cm³/mol. The molecule has 114 valence electrons. The first-order valence-electron chi connectivity index (χ1n) is 7.53. The first-order chi connectivity index (χ1) is 10.4. The van der Waals surface area contributed by atoms with Crippen molar-refractivity contribution in [1.29, 1.82) is 0 Å². The van der Waals surface area contributed by atoms with Crippen molar-refractivity contribution in [2.75, 3.05) is 4.90 Å². The number of hydrogen-bond donors (Lipinski definition) is 1. The maximum absolute atomic E-state index is 12.3. The van der Waals surface area contributed by atoms with Crippen LogP contribution in [0.4, 0.5) is 5.69 Å². The van der Waals surface area contributed by atoms with Crippen molar-refractivity contribution >= 4 is 11.6 Å². The number of hydrogen-bond acceptors (Lipinski definition) is 2. The fourth-order valence-corrected chi connectivity index (χ4v) is 3.70. The van der Waals surface area contributed by atoms with Crippen molar-refractivity contribution in [2.45, 2.75) is 39.2 Å². The lowest BCUT2D eigenvalue weighted by Gasteiger charge is -2.34. The molecule has 1 heterocycles. The van der Waals surface area contributed by atoms with Crippen LogP contribution in [0, 0.1) is 6.92 Å². The van der Waals surface area contributed by atoms with Crippen LogP contribution < -0.4 is 4.90 Å². The van der Waals surface area contributed by atoms with Gasteiger partial charge in [-0.2, -0.15) is 0 Å². The summed E-state index contributed by atoms with van der Waals surface area (Å²) in [6.45, 7) is 7.82. The Morgan fingerprint density at radius 1 is 1.14 bits per heavy atom. The Hall–Kier alpha value is -2.29. The number of para-hydroxylation sites is 1. The molecule has 1 aliphatic heterocycles. The number of anilines is 1. The summed E-state index contributed by atoms with van der Waals surface area (Å²) in [7, 11) is 0. The Balaban J connectivity index is 2.29. The lowest BCUT2D eigenvalue weighted by Crippen LogP contribution is -2.37. The van der Waals surface area contributed by atoms with Gasteiger partial charge in [-0.05, 0) is 30.2 Å². The molecule has 0 fully saturated rings. The number of nitrogens with zero attached hydrogens (tertiary/aromatic N) is 1. The molecule has 0 aliphatic carbocycles. The lowest BCUT2D eigenvalue weighted by atomic mass is 9.76. The van der Waals surface area contributed by atoms with Gasteiger partial charge in [0.25, 0.3) is 0 Å². The summed E-state index contributed by atoms with van der Waals surface area (Å²) in [5.41, 5.74) is 3.63. The van der Waals surface area contributed by atoms with E-state index in [1.165, 1.54) is 0 Å². The third-order valence-corrected chi connectivity index (χ3v) is 4.71. The topological polar surface area (TPSA) is 40.5 Å². The van der Waals surface area contributed by atoms with Gasteiger partial charge in [0.2, 0.25) is 5.91 Å². The Bertz CT molecular complexity index is 729. The van der Waals surface area contributed by atoms with Gasteiger partial charge in [0.15, 0.2) is 0 Å². The van der Waals surface area contributed by atoms with Crippen molar-refractivity contribution in [1.82, 2.24) is 0 Å². The summed E-state index contributed by atoms with van der Waals surface area (Å²) >= 11 is 0. The number of phenols is 1. The van der Waals surface area contributed by atoms with E-state index < -0.39 is 0 Å². The summed E-state index contributed by atoms with van der Waals surface area (Å²) in [5.74, 6) is 0.239. The second-order valence-electron chi connectivity index (χ2n) is 6.54. The zero-order chi connectivity index (χ0) is 16.1. The molecule has 3 heteroatoms. The largest absolute Gasteiger partial charge is 0.508 e. The predicted octanol–water partition coefficient (Wildman–Crippen LogP) is 4.09. The zero-order valence-corrected chi connectivity index (χ0v) is 13.4. The minimum absolute atomic E-state index is 0.00863. The van der Waals surface area contributed by atoms with Gasteiger partial charge in [0, 0.05) is 23.6 Å². The average Bonchev–Trinajstić information content (AvgIpc) is 2.68. The highest BCUT2D eigenvalue weighted by atomic mass is 16.3. The molecule has 0 saturated heterocycles. The van der Waals surface area contributed by atoms with Crippen molar-refractivity contribution in [3.63, 3.8) is 0 Å². The summed E-state index contributed by atoms with van der Waals surface area (Å²) in [5, 5.41) is 10.4. The van der Waals surface area contributed by atoms with Crippen molar-refractivity contribution < 1.29 is 9.90 Å². The average molecular weight is 295 g/mol. The number of benzene rings is 2. The molecule has 3 rings (SSSR count). The maximum Gasteiger partial charge on any atom is 0.224 e. The molecule has 1 unspecified atom stereocenters. The van der Waals surface area contributed by atoms with Crippen LogP contribution in [-0.2, 0) is 10.2 Å². The van der Waals surface area contributed by atoms with Gasteiger partial charge in [-0.25, -0.2) is 0 Å². The van der Waals surface area contributed by atoms with Crippen LogP contribution in [0.25, 0.3) is 0 Å². The number of rotatable bonds is 1. The van der Waals surface area contributed by atoms with E-state index >= 15 is 0 Å². The molecule has 1 atom stereocenters. The molecule has 1 N–H and O–H groups in total. The Morgan fingerprint density at radius 2 is 1.82 bits per heavy atom. The summed E-state index contributed by atoms with van der Waals surface area (Å²) in [4.78, 5) is 14.2. The van der Waals surface area contributed by atoms with E-state index in [9.17, 15) is 9.90 Å². The van der Waals surface area contributed by atoms with Gasteiger partial charge in [0.05, 0.1) is 6.04 Å². The number of carbonyl (C=O) groups excluding carboxylic acids is 1. The monoisotopic (exact) mass is 295 g/mol. The second kappa shape index (κ2) is 4.87. The third-order valence-electron chi connectivity index (χ3n) is 4.71. The minimum atomic E-state index is -0.272. The van der Waals surface area contributed by atoms with E-state index in [0.717, 1.165) is 22.4 Å². The number of aryl methyl sites for hydroxylation is 1.